The lowest BCUT2D eigenvalue weighted by molar-refractivity contribution is -0.137. The van der Waals surface area contributed by atoms with Crippen molar-refractivity contribution in [1.29, 1.82) is 0 Å². The monoisotopic (exact) mass is 749 g/mol. The molecular formula is C35H31ClF3N9O5. The molecule has 1 aliphatic carbocycles. The molecule has 0 unspecified atom stereocenters. The Morgan fingerprint density at radius 3 is 2.47 bits per heavy atom. The highest BCUT2D eigenvalue weighted by molar-refractivity contribution is 6.33. The second kappa shape index (κ2) is 13.6. The molecule has 53 heavy (non-hydrogen) atoms. The zero-order valence-electron chi connectivity index (χ0n) is 28.4. The summed E-state index contributed by atoms with van der Waals surface area (Å²) in [6.07, 6.45) is -2.23. The molecule has 14 nitrogen and oxygen atoms in total. The molecule has 1 aliphatic heterocycles. The van der Waals surface area contributed by atoms with Crippen LogP contribution in [0.15, 0.2) is 47.5 Å². The van der Waals surface area contributed by atoms with Crippen molar-refractivity contribution >= 4 is 46.4 Å². The SMILES string of the molecule is CCc1c(N2CCN(C(=O)c3ncnc(C)c3O)CC2)c(=O)n2nc(-c3ccc4c(c3)CCC4=O)nc2n1CC(=O)Nc1ccc(C(F)(F)F)cc1Cl. The van der Waals surface area contributed by atoms with Crippen LogP contribution in [0.4, 0.5) is 24.5 Å². The minimum absolute atomic E-state index is 0.0383. The lowest BCUT2D eigenvalue weighted by Gasteiger charge is -2.36. The minimum atomic E-state index is -4.63. The van der Waals surface area contributed by atoms with Crippen LogP contribution in [0.3, 0.4) is 0 Å². The predicted molar refractivity (Wildman–Crippen MR) is 186 cm³/mol. The van der Waals surface area contributed by atoms with Gasteiger partial charge in [-0.3, -0.25) is 19.2 Å². The van der Waals surface area contributed by atoms with E-state index in [1.807, 2.05) is 0 Å². The van der Waals surface area contributed by atoms with Gasteiger partial charge >= 0.3 is 6.18 Å². The number of benzene rings is 2. The summed E-state index contributed by atoms with van der Waals surface area (Å²) in [6.45, 7) is 3.69. The predicted octanol–water partition coefficient (Wildman–Crippen LogP) is 4.33. The molecule has 0 bridgehead atoms. The second-order valence-corrected chi connectivity index (χ2v) is 13.1. The first kappa shape index (κ1) is 35.6. The van der Waals surface area contributed by atoms with Gasteiger partial charge in [-0.15, -0.1) is 5.10 Å². The third kappa shape index (κ3) is 6.56. The van der Waals surface area contributed by atoms with Gasteiger partial charge in [-0.1, -0.05) is 30.7 Å². The molecule has 4 heterocycles. The van der Waals surface area contributed by atoms with Crippen LogP contribution in [-0.4, -0.2) is 82.9 Å². The Bertz CT molecular complexity index is 2390. The molecule has 5 aromatic rings. The van der Waals surface area contributed by atoms with E-state index >= 15 is 0 Å². The average molecular weight is 750 g/mol. The molecule has 0 spiro atoms. The van der Waals surface area contributed by atoms with Crippen molar-refractivity contribution < 1.29 is 32.7 Å². The van der Waals surface area contributed by atoms with Gasteiger partial charge in [0.1, 0.15) is 18.6 Å². The van der Waals surface area contributed by atoms with E-state index in [1.165, 1.54) is 15.8 Å². The summed E-state index contributed by atoms with van der Waals surface area (Å²) in [4.78, 5) is 69.2. The smallest absolute Gasteiger partial charge is 0.416 e. The number of aromatic hydroxyl groups is 1. The number of ketones is 1. The van der Waals surface area contributed by atoms with Crippen molar-refractivity contribution in [3.63, 3.8) is 0 Å². The van der Waals surface area contributed by atoms with Gasteiger partial charge in [0.05, 0.1) is 27.7 Å². The minimum Gasteiger partial charge on any atom is -0.504 e. The molecule has 0 radical (unpaired) electrons. The van der Waals surface area contributed by atoms with Crippen molar-refractivity contribution in [2.75, 3.05) is 36.4 Å². The van der Waals surface area contributed by atoms with Crippen LogP contribution in [0, 0.1) is 6.92 Å². The maximum atomic E-state index is 14.3. The number of nitrogens with zero attached hydrogens (tertiary/aromatic N) is 8. The van der Waals surface area contributed by atoms with Crippen molar-refractivity contribution in [3.05, 3.63) is 91.9 Å². The van der Waals surface area contributed by atoms with Crippen molar-refractivity contribution in [1.82, 2.24) is 34.0 Å². The van der Waals surface area contributed by atoms with Gasteiger partial charge in [0.25, 0.3) is 11.5 Å². The largest absolute Gasteiger partial charge is 0.504 e. The fourth-order valence-electron chi connectivity index (χ4n) is 6.68. The summed E-state index contributed by atoms with van der Waals surface area (Å²) < 4.78 is 42.3. The third-order valence-electron chi connectivity index (χ3n) is 9.41. The number of Topliss-reactive ketones (excluding diaryl/α,β-unsaturated/α-hetero) is 1. The number of rotatable bonds is 7. The normalized spacial score (nSPS) is 14.6. The number of piperazine rings is 1. The molecule has 1 saturated heterocycles. The Hall–Kier alpha value is -5.84. The van der Waals surface area contributed by atoms with Crippen LogP contribution in [0.1, 0.15) is 56.7 Å². The first-order valence-electron chi connectivity index (χ1n) is 16.7. The number of alkyl halides is 3. The number of nitrogens with one attached hydrogen (secondary N) is 1. The van der Waals surface area contributed by atoms with Gasteiger partial charge in [0, 0.05) is 43.7 Å². The van der Waals surface area contributed by atoms with E-state index in [0.29, 0.717) is 29.7 Å². The highest BCUT2D eigenvalue weighted by atomic mass is 35.5. The molecule has 0 atom stereocenters. The third-order valence-corrected chi connectivity index (χ3v) is 9.72. The second-order valence-electron chi connectivity index (χ2n) is 12.7. The van der Waals surface area contributed by atoms with Crippen LogP contribution in [0.2, 0.25) is 5.02 Å². The zero-order chi connectivity index (χ0) is 37.8. The maximum absolute atomic E-state index is 14.3. The van der Waals surface area contributed by atoms with E-state index in [1.54, 1.807) is 36.9 Å². The van der Waals surface area contributed by atoms with Crippen LogP contribution in [-0.2, 0) is 30.4 Å². The summed E-state index contributed by atoms with van der Waals surface area (Å²) in [5, 5.41) is 17.2. The first-order valence-corrected chi connectivity index (χ1v) is 17.0. The Morgan fingerprint density at radius 1 is 1.02 bits per heavy atom. The lowest BCUT2D eigenvalue weighted by Crippen LogP contribution is -2.51. The number of halogens is 4. The molecule has 2 aromatic carbocycles. The standard InChI is InChI=1S/C35H31ClF3N9O5/c1-3-25-29(45-10-12-46(13-11-45)32(52)28-30(51)18(2)40-17-41-28)33(53)48-34(43-31(44-48)20-4-7-22-19(14-20)5-9-26(22)49)47(25)16-27(50)42-24-8-6-21(15-23(24)36)35(37,38)39/h4,6-8,14-15,17,51H,3,5,9-13,16H2,1-2H3,(H,42,50). The number of carbonyl (C=O) groups excluding carboxylic acids is 3. The molecular weight excluding hydrogens is 719 g/mol. The highest BCUT2D eigenvalue weighted by Crippen LogP contribution is 2.34. The van der Waals surface area contributed by atoms with Crippen molar-refractivity contribution in [3.8, 4) is 17.1 Å². The molecule has 7 rings (SSSR count). The topological polar surface area (TPSA) is 168 Å². The molecule has 2 N–H and O–H groups in total. The number of anilines is 2. The number of carbonyl (C=O) groups is 3. The average Bonchev–Trinajstić information content (AvgIpc) is 3.75. The number of aromatic nitrogens is 6. The Kier molecular flexibility index (Phi) is 9.13. The first-order chi connectivity index (χ1) is 25.2. The van der Waals surface area contributed by atoms with Crippen LogP contribution >= 0.6 is 11.6 Å². The summed E-state index contributed by atoms with van der Waals surface area (Å²) in [7, 11) is 0. The van der Waals surface area contributed by atoms with Gasteiger partial charge in [0.2, 0.25) is 11.7 Å². The van der Waals surface area contributed by atoms with E-state index in [0.717, 1.165) is 28.3 Å². The Morgan fingerprint density at radius 2 is 1.77 bits per heavy atom. The zero-order valence-corrected chi connectivity index (χ0v) is 29.1. The Balaban J connectivity index is 1.26. The quantitative estimate of drug-likeness (QED) is 0.245. The van der Waals surface area contributed by atoms with Crippen LogP contribution in [0.5, 0.6) is 5.75 Å². The summed E-state index contributed by atoms with van der Waals surface area (Å²) in [6, 6.07) is 7.79. The van der Waals surface area contributed by atoms with Gasteiger partial charge < -0.3 is 24.8 Å². The number of amides is 2. The van der Waals surface area contributed by atoms with Crippen molar-refractivity contribution in [2.24, 2.45) is 0 Å². The van der Waals surface area contributed by atoms with Crippen LogP contribution in [0.25, 0.3) is 17.2 Å². The van der Waals surface area contributed by atoms with E-state index in [9.17, 15) is 37.5 Å². The number of hydrogen-bond acceptors (Lipinski definition) is 10. The summed E-state index contributed by atoms with van der Waals surface area (Å²) in [5.74, 6) is -1.20. The molecule has 2 amide bonds. The molecule has 274 valence electrons. The van der Waals surface area contributed by atoms with Gasteiger partial charge in [-0.25, -0.2) is 9.97 Å². The van der Waals surface area contributed by atoms with Crippen molar-refractivity contribution in [2.45, 2.75) is 45.8 Å². The fraction of sp³-hybridized carbons (Fsp3) is 0.314. The molecule has 3 aromatic heterocycles. The highest BCUT2D eigenvalue weighted by Gasteiger charge is 2.32. The number of hydrogen-bond donors (Lipinski definition) is 2. The molecule has 18 heteroatoms. The maximum Gasteiger partial charge on any atom is 0.416 e. The fourth-order valence-corrected chi connectivity index (χ4v) is 6.91. The van der Waals surface area contributed by atoms with E-state index in [2.05, 4.69) is 25.4 Å². The van der Waals surface area contributed by atoms with Gasteiger partial charge in [-0.05, 0) is 49.6 Å². The Labute approximate surface area is 303 Å². The molecule has 0 saturated carbocycles. The van der Waals surface area contributed by atoms with Crippen LogP contribution < -0.4 is 15.8 Å². The molecule has 2 aliphatic rings. The van der Waals surface area contributed by atoms with E-state index in [4.69, 9.17) is 11.6 Å². The number of fused-ring (bicyclic) bond motifs is 2. The summed E-state index contributed by atoms with van der Waals surface area (Å²) >= 11 is 6.13. The van der Waals surface area contributed by atoms with Gasteiger partial charge in [0.15, 0.2) is 23.1 Å². The van der Waals surface area contributed by atoms with E-state index in [-0.39, 0.29) is 83.5 Å². The summed E-state index contributed by atoms with van der Waals surface area (Å²) in [5.41, 5.74) is 1.27. The number of aryl methyl sites for hydroxylation is 2. The molecule has 1 fully saturated rings. The van der Waals surface area contributed by atoms with Gasteiger partial charge in [-0.2, -0.15) is 22.7 Å². The van der Waals surface area contributed by atoms with E-state index < -0.39 is 35.7 Å². The lowest BCUT2D eigenvalue weighted by atomic mass is 10.1.